The smallest absolute Gasteiger partial charge is 0.00772 e. The molecule has 4 nitrogen and oxygen atoms in total. The summed E-state index contributed by atoms with van der Waals surface area (Å²) in [5.41, 5.74) is 5.42. The van der Waals surface area contributed by atoms with Crippen molar-refractivity contribution in [3.8, 4) is 0 Å². The first-order chi connectivity index (χ1) is 11.9. The van der Waals surface area contributed by atoms with E-state index in [1.807, 2.05) is 0 Å². The molecule has 0 aromatic heterocycles. The van der Waals surface area contributed by atoms with Gasteiger partial charge in [0.15, 0.2) is 0 Å². The summed E-state index contributed by atoms with van der Waals surface area (Å²) in [5, 5.41) is 10.2. The number of nitrogens with two attached hydrogens (primary N) is 1. The Bertz CT molecular complexity index is 190. The molecule has 0 fully saturated rings. The van der Waals surface area contributed by atoms with Gasteiger partial charge in [0.1, 0.15) is 0 Å². The molecule has 0 spiro atoms. The molecule has 0 aromatic rings. The highest BCUT2D eigenvalue weighted by molar-refractivity contribution is 4.56. The van der Waals surface area contributed by atoms with Crippen LogP contribution < -0.4 is 21.7 Å². The summed E-state index contributed by atoms with van der Waals surface area (Å²) >= 11 is 0. The first kappa shape index (κ1) is 23.8. The van der Waals surface area contributed by atoms with E-state index in [1.165, 1.54) is 83.6 Å². The molecular weight excluding hydrogens is 296 g/mol. The third kappa shape index (κ3) is 21.8. The van der Waals surface area contributed by atoms with Crippen LogP contribution in [0.5, 0.6) is 0 Å². The van der Waals surface area contributed by atoms with Gasteiger partial charge >= 0.3 is 0 Å². The Kier molecular flexibility index (Phi) is 22.7. The van der Waals surface area contributed by atoms with Crippen molar-refractivity contribution in [1.82, 2.24) is 16.0 Å². The number of rotatable bonds is 21. The van der Waals surface area contributed by atoms with Crippen molar-refractivity contribution in [1.29, 1.82) is 0 Å². The lowest BCUT2D eigenvalue weighted by molar-refractivity contribution is 0.530. The van der Waals surface area contributed by atoms with Crippen LogP contribution in [0.1, 0.15) is 84.0 Å². The summed E-state index contributed by atoms with van der Waals surface area (Å²) in [6.07, 6.45) is 17.1. The van der Waals surface area contributed by atoms with Gasteiger partial charge < -0.3 is 21.7 Å². The maximum atomic E-state index is 5.42. The molecule has 146 valence electrons. The number of nitrogens with one attached hydrogen (secondary N) is 3. The Labute approximate surface area is 152 Å². The van der Waals surface area contributed by atoms with Gasteiger partial charge in [-0.2, -0.15) is 0 Å². The zero-order valence-corrected chi connectivity index (χ0v) is 16.5. The zero-order chi connectivity index (χ0) is 17.6. The van der Waals surface area contributed by atoms with Crippen molar-refractivity contribution >= 4 is 0 Å². The van der Waals surface area contributed by atoms with Crippen molar-refractivity contribution in [2.45, 2.75) is 84.0 Å². The number of unbranched alkanes of at least 4 members (excludes halogenated alkanes) is 11. The molecule has 0 radical (unpaired) electrons. The fraction of sp³-hybridized carbons (Fsp3) is 1.00. The molecule has 0 amide bonds. The highest BCUT2D eigenvalue weighted by atomic mass is 15.0. The van der Waals surface area contributed by atoms with Crippen LogP contribution >= 0.6 is 0 Å². The second kappa shape index (κ2) is 22.8. The van der Waals surface area contributed by atoms with E-state index in [0.717, 1.165) is 39.3 Å². The molecule has 0 aliphatic rings. The minimum absolute atomic E-state index is 0.723. The van der Waals surface area contributed by atoms with E-state index in [9.17, 15) is 0 Å². The lowest BCUT2D eigenvalue weighted by atomic mass is 10.1. The van der Waals surface area contributed by atoms with Gasteiger partial charge in [0.05, 0.1) is 0 Å². The lowest BCUT2D eigenvalue weighted by Crippen LogP contribution is -2.34. The summed E-state index contributed by atoms with van der Waals surface area (Å²) in [7, 11) is 0. The minimum atomic E-state index is 0.723. The topological polar surface area (TPSA) is 62.1 Å². The molecule has 4 heteroatoms. The van der Waals surface area contributed by atoms with Crippen molar-refractivity contribution < 1.29 is 0 Å². The van der Waals surface area contributed by atoms with Crippen LogP contribution in [-0.2, 0) is 0 Å². The van der Waals surface area contributed by atoms with E-state index in [1.54, 1.807) is 0 Å². The molecule has 0 aromatic carbocycles. The molecule has 0 heterocycles. The lowest BCUT2D eigenvalue weighted by Gasteiger charge is -2.07. The third-order valence-corrected chi connectivity index (χ3v) is 4.49. The van der Waals surface area contributed by atoms with Crippen LogP contribution in [0.2, 0.25) is 0 Å². The summed E-state index contributed by atoms with van der Waals surface area (Å²) < 4.78 is 0. The molecule has 5 N–H and O–H groups in total. The maximum Gasteiger partial charge on any atom is 0.00772 e. The van der Waals surface area contributed by atoms with Gasteiger partial charge in [-0.3, -0.25) is 0 Å². The molecule has 0 aliphatic heterocycles. The molecule has 24 heavy (non-hydrogen) atoms. The largest absolute Gasteiger partial charge is 0.329 e. The molecule has 0 saturated carbocycles. The first-order valence-corrected chi connectivity index (χ1v) is 10.7. The average Bonchev–Trinajstić information content (AvgIpc) is 2.60. The van der Waals surface area contributed by atoms with Gasteiger partial charge in [-0.15, -0.1) is 0 Å². The molecule has 0 atom stereocenters. The quantitative estimate of drug-likeness (QED) is 0.241. The van der Waals surface area contributed by atoms with Gasteiger partial charge in [0.25, 0.3) is 0 Å². The molecule has 0 bridgehead atoms. The standard InChI is InChI=1S/C20H46N4/c1-2-3-4-5-6-7-8-9-10-11-12-13-15-22-17-19-24-20-18-23-16-14-21/h22-24H,2-21H2,1H3. The minimum Gasteiger partial charge on any atom is -0.329 e. The Hall–Kier alpha value is -0.160. The SMILES string of the molecule is CCCCCCCCCCCCCCNCCNCCNCCN. The van der Waals surface area contributed by atoms with Crippen molar-refractivity contribution in [3.63, 3.8) is 0 Å². The highest BCUT2D eigenvalue weighted by Gasteiger charge is 1.94. The van der Waals surface area contributed by atoms with E-state index in [0.29, 0.717) is 0 Å². The number of hydrogen-bond acceptors (Lipinski definition) is 4. The van der Waals surface area contributed by atoms with Crippen LogP contribution in [0.3, 0.4) is 0 Å². The van der Waals surface area contributed by atoms with Gasteiger partial charge in [-0.25, -0.2) is 0 Å². The number of hydrogen-bond donors (Lipinski definition) is 4. The molecule has 0 saturated heterocycles. The van der Waals surface area contributed by atoms with Crippen LogP contribution in [0.4, 0.5) is 0 Å². The molecule has 0 unspecified atom stereocenters. The van der Waals surface area contributed by atoms with Crippen molar-refractivity contribution in [2.75, 3.05) is 45.8 Å². The first-order valence-electron chi connectivity index (χ1n) is 10.7. The highest BCUT2D eigenvalue weighted by Crippen LogP contribution is 2.11. The molecular formula is C20H46N4. The summed E-state index contributed by atoms with van der Waals surface area (Å²) in [5.74, 6) is 0. The Morgan fingerprint density at radius 2 is 0.833 bits per heavy atom. The maximum absolute atomic E-state index is 5.42. The van der Waals surface area contributed by atoms with E-state index in [2.05, 4.69) is 22.9 Å². The Balaban J connectivity index is 2.93. The van der Waals surface area contributed by atoms with Crippen LogP contribution in [-0.4, -0.2) is 45.8 Å². The van der Waals surface area contributed by atoms with E-state index in [-0.39, 0.29) is 0 Å². The fourth-order valence-corrected chi connectivity index (χ4v) is 2.92. The average molecular weight is 343 g/mol. The van der Waals surface area contributed by atoms with E-state index >= 15 is 0 Å². The van der Waals surface area contributed by atoms with Crippen molar-refractivity contribution in [3.05, 3.63) is 0 Å². The predicted molar refractivity (Wildman–Crippen MR) is 109 cm³/mol. The fourth-order valence-electron chi connectivity index (χ4n) is 2.92. The van der Waals surface area contributed by atoms with Crippen LogP contribution in [0.15, 0.2) is 0 Å². The van der Waals surface area contributed by atoms with Crippen molar-refractivity contribution in [2.24, 2.45) is 5.73 Å². The Morgan fingerprint density at radius 1 is 0.458 bits per heavy atom. The molecule has 0 rings (SSSR count). The second-order valence-electron chi connectivity index (χ2n) is 6.93. The predicted octanol–water partition coefficient (Wildman–Crippen LogP) is 3.42. The normalized spacial score (nSPS) is 11.2. The monoisotopic (exact) mass is 342 g/mol. The Morgan fingerprint density at radius 3 is 1.29 bits per heavy atom. The summed E-state index contributed by atoms with van der Waals surface area (Å²) in [6.45, 7) is 9.27. The summed E-state index contributed by atoms with van der Waals surface area (Å²) in [4.78, 5) is 0. The van der Waals surface area contributed by atoms with E-state index in [4.69, 9.17) is 5.73 Å². The van der Waals surface area contributed by atoms with Gasteiger partial charge in [0.2, 0.25) is 0 Å². The van der Waals surface area contributed by atoms with Gasteiger partial charge in [-0.1, -0.05) is 77.6 Å². The third-order valence-electron chi connectivity index (χ3n) is 4.49. The zero-order valence-electron chi connectivity index (χ0n) is 16.5. The van der Waals surface area contributed by atoms with E-state index < -0.39 is 0 Å². The van der Waals surface area contributed by atoms with Crippen LogP contribution in [0.25, 0.3) is 0 Å². The summed E-state index contributed by atoms with van der Waals surface area (Å²) in [6, 6.07) is 0. The van der Waals surface area contributed by atoms with Gasteiger partial charge in [0, 0.05) is 39.3 Å². The second-order valence-corrected chi connectivity index (χ2v) is 6.93. The van der Waals surface area contributed by atoms with Crippen LogP contribution in [0, 0.1) is 0 Å². The van der Waals surface area contributed by atoms with Gasteiger partial charge in [-0.05, 0) is 13.0 Å². The molecule has 0 aliphatic carbocycles.